The summed E-state index contributed by atoms with van der Waals surface area (Å²) in [6.07, 6.45) is 0.682. The normalized spacial score (nSPS) is 20.2. The van der Waals surface area contributed by atoms with Crippen LogP contribution in [0.2, 0.25) is 0 Å². The highest BCUT2D eigenvalue weighted by Crippen LogP contribution is 2.33. The van der Waals surface area contributed by atoms with Crippen LogP contribution >= 0.6 is 0 Å². The smallest absolute Gasteiger partial charge is 0.251 e. The zero-order chi connectivity index (χ0) is 18.1. The molecule has 2 aromatic rings. The number of hydrogen-bond donors (Lipinski definition) is 1. The summed E-state index contributed by atoms with van der Waals surface area (Å²) in [5.74, 6) is 0.413. The first-order chi connectivity index (χ1) is 11.9. The molecule has 0 spiro atoms. The third kappa shape index (κ3) is 3.47. The van der Waals surface area contributed by atoms with Crippen LogP contribution in [-0.2, 0) is 11.8 Å². The molecule has 5 heteroatoms. The average Bonchev–Trinajstić information content (AvgIpc) is 3.11. The van der Waals surface area contributed by atoms with Gasteiger partial charge in [-0.15, -0.1) is 0 Å². The van der Waals surface area contributed by atoms with E-state index in [1.54, 1.807) is 0 Å². The van der Waals surface area contributed by atoms with Gasteiger partial charge in [0.05, 0.1) is 11.7 Å². The van der Waals surface area contributed by atoms with Crippen LogP contribution in [0.25, 0.3) is 0 Å². The van der Waals surface area contributed by atoms with Crippen LogP contribution in [0.3, 0.4) is 0 Å². The summed E-state index contributed by atoms with van der Waals surface area (Å²) in [7, 11) is 1.94. The molecule has 1 aliphatic rings. The highest BCUT2D eigenvalue weighted by Gasteiger charge is 2.34. The van der Waals surface area contributed by atoms with Crippen molar-refractivity contribution >= 4 is 5.91 Å². The Bertz CT molecular complexity index is 762. The number of hydrogen-bond acceptors (Lipinski definition) is 3. The molecular weight excluding hydrogens is 314 g/mol. The zero-order valence-electron chi connectivity index (χ0n) is 15.7. The van der Waals surface area contributed by atoms with Gasteiger partial charge in [-0.2, -0.15) is 5.10 Å². The molecule has 1 fully saturated rings. The Labute approximate surface area is 149 Å². The lowest BCUT2D eigenvalue weighted by Crippen LogP contribution is -2.37. The van der Waals surface area contributed by atoms with E-state index in [2.05, 4.69) is 24.3 Å². The predicted molar refractivity (Wildman–Crippen MR) is 97.8 cm³/mol. The van der Waals surface area contributed by atoms with Crippen LogP contribution in [0.4, 0.5) is 0 Å². The second-order valence-corrected chi connectivity index (χ2v) is 7.14. The number of aromatic nitrogens is 2. The number of amides is 1. The van der Waals surface area contributed by atoms with E-state index in [9.17, 15) is 4.79 Å². The van der Waals surface area contributed by atoms with Gasteiger partial charge >= 0.3 is 0 Å². The minimum absolute atomic E-state index is 0.0288. The molecule has 0 saturated carbocycles. The molecule has 1 amide bonds. The van der Waals surface area contributed by atoms with Crippen LogP contribution in [0.1, 0.15) is 65.2 Å². The lowest BCUT2D eigenvalue weighted by molar-refractivity contribution is 0.0817. The third-order valence-electron chi connectivity index (χ3n) is 5.10. The Hall–Kier alpha value is -2.14. The number of rotatable bonds is 4. The van der Waals surface area contributed by atoms with Crippen LogP contribution in [0.5, 0.6) is 0 Å². The lowest BCUT2D eigenvalue weighted by Gasteiger charge is -2.21. The minimum atomic E-state index is -0.132. The van der Waals surface area contributed by atoms with Gasteiger partial charge in [0, 0.05) is 30.5 Å². The van der Waals surface area contributed by atoms with Gasteiger partial charge in [0.25, 0.3) is 5.91 Å². The summed E-state index contributed by atoms with van der Waals surface area (Å²) >= 11 is 0. The van der Waals surface area contributed by atoms with Gasteiger partial charge in [-0.25, -0.2) is 0 Å². The van der Waals surface area contributed by atoms with Crippen molar-refractivity contribution in [3.8, 4) is 0 Å². The molecule has 0 bridgehead atoms. The fraction of sp³-hybridized carbons (Fsp3) is 0.500. The first-order valence-corrected chi connectivity index (χ1v) is 8.91. The summed E-state index contributed by atoms with van der Waals surface area (Å²) in [6, 6.07) is 7.82. The molecule has 5 nitrogen and oxygen atoms in total. The maximum absolute atomic E-state index is 12.6. The SMILES string of the molecule is Cc1nn(C)c(C)c1[C@@H]1OCC[C@H]1NC(=O)c1ccc(C(C)C)cc1. The molecule has 134 valence electrons. The molecule has 2 heterocycles. The van der Waals surface area contributed by atoms with Gasteiger partial charge in [-0.1, -0.05) is 26.0 Å². The van der Waals surface area contributed by atoms with E-state index in [0.29, 0.717) is 18.1 Å². The number of nitrogens with one attached hydrogen (secondary N) is 1. The highest BCUT2D eigenvalue weighted by atomic mass is 16.5. The summed E-state index contributed by atoms with van der Waals surface area (Å²) < 4.78 is 7.82. The molecule has 1 aliphatic heterocycles. The van der Waals surface area contributed by atoms with Crippen LogP contribution in [0.15, 0.2) is 24.3 Å². The fourth-order valence-corrected chi connectivity index (χ4v) is 3.49. The van der Waals surface area contributed by atoms with Crippen molar-refractivity contribution in [1.29, 1.82) is 0 Å². The molecule has 0 aliphatic carbocycles. The molecule has 1 aromatic carbocycles. The standard InChI is InChI=1S/C20H27N3O2/c1-12(2)15-6-8-16(9-7-15)20(24)21-17-10-11-25-19(17)18-13(3)22-23(5)14(18)4/h6-9,12,17,19H,10-11H2,1-5H3,(H,21,24)/t17-,19-/m1/s1. The minimum Gasteiger partial charge on any atom is -0.371 e. The van der Waals surface area contributed by atoms with E-state index in [0.717, 1.165) is 23.4 Å². The number of carbonyl (C=O) groups excluding carboxylic acids is 1. The van der Waals surface area contributed by atoms with Crippen molar-refractivity contribution in [1.82, 2.24) is 15.1 Å². The summed E-state index contributed by atoms with van der Waals surface area (Å²) in [6.45, 7) is 8.98. The maximum Gasteiger partial charge on any atom is 0.251 e. The topological polar surface area (TPSA) is 56.1 Å². The molecule has 1 saturated heterocycles. The molecule has 25 heavy (non-hydrogen) atoms. The number of nitrogens with zero attached hydrogens (tertiary/aromatic N) is 2. The van der Waals surface area contributed by atoms with Gasteiger partial charge in [-0.05, 0) is 43.9 Å². The zero-order valence-corrected chi connectivity index (χ0v) is 15.7. The number of benzene rings is 1. The van der Waals surface area contributed by atoms with Crippen LogP contribution < -0.4 is 5.32 Å². The summed E-state index contributed by atoms with van der Waals surface area (Å²) in [4.78, 5) is 12.6. The van der Waals surface area contributed by atoms with E-state index < -0.39 is 0 Å². The average molecular weight is 341 g/mol. The number of carbonyl (C=O) groups is 1. The van der Waals surface area contributed by atoms with Crippen molar-refractivity contribution in [3.05, 3.63) is 52.3 Å². The summed E-state index contributed by atoms with van der Waals surface area (Å²) in [5, 5.41) is 7.63. The van der Waals surface area contributed by atoms with E-state index in [1.165, 1.54) is 5.56 Å². The molecule has 3 rings (SSSR count). The van der Waals surface area contributed by atoms with Gasteiger partial charge in [0.1, 0.15) is 6.10 Å². The van der Waals surface area contributed by atoms with Crippen molar-refractivity contribution in [2.45, 2.75) is 52.2 Å². The Morgan fingerprint density at radius 1 is 1.28 bits per heavy atom. The predicted octanol–water partition coefficient (Wildman–Crippen LogP) is 3.42. The van der Waals surface area contributed by atoms with Gasteiger partial charge < -0.3 is 10.1 Å². The van der Waals surface area contributed by atoms with Gasteiger partial charge in [0.2, 0.25) is 0 Å². The van der Waals surface area contributed by atoms with E-state index in [1.807, 2.05) is 49.8 Å². The molecule has 2 atom stereocenters. The Kier molecular flexibility index (Phi) is 4.95. The second kappa shape index (κ2) is 7.00. The lowest BCUT2D eigenvalue weighted by atomic mass is 9.99. The summed E-state index contributed by atoms with van der Waals surface area (Å²) in [5.41, 5.74) is 5.08. The molecule has 1 N–H and O–H groups in total. The Balaban J connectivity index is 1.76. The van der Waals surface area contributed by atoms with E-state index >= 15 is 0 Å². The highest BCUT2D eigenvalue weighted by molar-refractivity contribution is 5.94. The first kappa shape index (κ1) is 17.7. The molecule has 0 radical (unpaired) electrons. The monoisotopic (exact) mass is 341 g/mol. The van der Waals surface area contributed by atoms with Gasteiger partial charge in [0.15, 0.2) is 0 Å². The molecule has 0 unspecified atom stereocenters. The van der Waals surface area contributed by atoms with Crippen LogP contribution in [-0.4, -0.2) is 28.3 Å². The molecular formula is C20H27N3O2. The molecule has 1 aromatic heterocycles. The van der Waals surface area contributed by atoms with Gasteiger partial charge in [-0.3, -0.25) is 9.48 Å². The Morgan fingerprint density at radius 3 is 2.52 bits per heavy atom. The van der Waals surface area contributed by atoms with Crippen molar-refractivity contribution in [3.63, 3.8) is 0 Å². The largest absolute Gasteiger partial charge is 0.371 e. The van der Waals surface area contributed by atoms with Crippen molar-refractivity contribution < 1.29 is 9.53 Å². The van der Waals surface area contributed by atoms with Crippen LogP contribution in [0, 0.1) is 13.8 Å². The van der Waals surface area contributed by atoms with E-state index in [4.69, 9.17) is 4.74 Å². The maximum atomic E-state index is 12.6. The van der Waals surface area contributed by atoms with E-state index in [-0.39, 0.29) is 18.1 Å². The second-order valence-electron chi connectivity index (χ2n) is 7.14. The number of ether oxygens (including phenoxy) is 1. The Morgan fingerprint density at radius 2 is 1.96 bits per heavy atom. The fourth-order valence-electron chi connectivity index (χ4n) is 3.49. The third-order valence-corrected chi connectivity index (χ3v) is 5.10. The quantitative estimate of drug-likeness (QED) is 0.927. The van der Waals surface area contributed by atoms with Crippen molar-refractivity contribution in [2.75, 3.05) is 6.61 Å². The first-order valence-electron chi connectivity index (χ1n) is 8.91. The number of aryl methyl sites for hydroxylation is 2. The van der Waals surface area contributed by atoms with Crippen molar-refractivity contribution in [2.24, 2.45) is 7.05 Å².